The highest BCUT2D eigenvalue weighted by Gasteiger charge is 2.07. The monoisotopic (exact) mass is 373 g/mol. The summed E-state index contributed by atoms with van der Waals surface area (Å²) in [4.78, 5) is 14.0. The second kappa shape index (κ2) is 8.47. The number of H-pyrrole nitrogens is 1. The van der Waals surface area contributed by atoms with E-state index in [0.29, 0.717) is 5.95 Å². The Morgan fingerprint density at radius 2 is 1.93 bits per heavy atom. The molecule has 0 unspecified atom stereocenters. The van der Waals surface area contributed by atoms with E-state index >= 15 is 0 Å². The van der Waals surface area contributed by atoms with Crippen molar-refractivity contribution in [2.75, 3.05) is 30.4 Å². The van der Waals surface area contributed by atoms with Crippen molar-refractivity contribution < 1.29 is 0 Å². The van der Waals surface area contributed by atoms with Crippen molar-refractivity contribution in [3.63, 3.8) is 0 Å². The SMILES string of the molecule is CN(CCc1ccncc1)c1cnnc(NCCc2c[nH]c3ccccc23)n1. The van der Waals surface area contributed by atoms with Gasteiger partial charge in [0.05, 0.1) is 6.20 Å². The number of para-hydroxylation sites is 1. The summed E-state index contributed by atoms with van der Waals surface area (Å²) in [5.41, 5.74) is 3.69. The highest BCUT2D eigenvalue weighted by molar-refractivity contribution is 5.83. The highest BCUT2D eigenvalue weighted by Crippen LogP contribution is 2.18. The minimum atomic E-state index is 0.549. The average Bonchev–Trinajstić information content (AvgIpc) is 3.16. The van der Waals surface area contributed by atoms with Crippen molar-refractivity contribution in [3.8, 4) is 0 Å². The number of aromatic amines is 1. The number of nitrogens with zero attached hydrogens (tertiary/aromatic N) is 5. The fraction of sp³-hybridized carbons (Fsp3) is 0.238. The molecule has 2 N–H and O–H groups in total. The maximum atomic E-state index is 4.59. The number of nitrogens with one attached hydrogen (secondary N) is 2. The molecule has 4 aromatic rings. The molecule has 0 spiro atoms. The summed E-state index contributed by atoms with van der Waals surface area (Å²) in [5, 5.41) is 12.7. The van der Waals surface area contributed by atoms with E-state index in [1.54, 1.807) is 6.20 Å². The van der Waals surface area contributed by atoms with E-state index in [1.165, 1.54) is 16.5 Å². The molecule has 4 rings (SSSR count). The van der Waals surface area contributed by atoms with E-state index in [1.807, 2.05) is 37.6 Å². The van der Waals surface area contributed by atoms with Crippen molar-refractivity contribution in [1.82, 2.24) is 25.1 Å². The van der Waals surface area contributed by atoms with Gasteiger partial charge in [-0.25, -0.2) is 0 Å². The molecular weight excluding hydrogens is 350 g/mol. The molecule has 3 aromatic heterocycles. The number of benzene rings is 1. The number of likely N-dealkylation sites (N-methyl/N-ethyl adjacent to an activating group) is 1. The zero-order chi connectivity index (χ0) is 19.2. The smallest absolute Gasteiger partial charge is 0.244 e. The first-order chi connectivity index (χ1) is 13.8. The van der Waals surface area contributed by atoms with Crippen LogP contribution in [0.4, 0.5) is 11.8 Å². The normalized spacial score (nSPS) is 10.9. The van der Waals surface area contributed by atoms with Gasteiger partial charge >= 0.3 is 0 Å². The van der Waals surface area contributed by atoms with Crippen LogP contribution < -0.4 is 10.2 Å². The number of fused-ring (bicyclic) bond motifs is 1. The number of hydrogen-bond acceptors (Lipinski definition) is 6. The molecule has 3 heterocycles. The Morgan fingerprint density at radius 3 is 2.82 bits per heavy atom. The minimum absolute atomic E-state index is 0.549. The Morgan fingerprint density at radius 1 is 1.07 bits per heavy atom. The van der Waals surface area contributed by atoms with Crippen molar-refractivity contribution in [1.29, 1.82) is 0 Å². The van der Waals surface area contributed by atoms with Gasteiger partial charge in [0.25, 0.3) is 0 Å². The molecule has 0 radical (unpaired) electrons. The molecule has 7 heteroatoms. The van der Waals surface area contributed by atoms with Crippen LogP contribution in [-0.4, -0.2) is 45.3 Å². The van der Waals surface area contributed by atoms with Crippen LogP contribution in [0, 0.1) is 0 Å². The average molecular weight is 373 g/mol. The standard InChI is InChI=1S/C21H23N7/c1-28(13-9-16-6-10-22-11-7-16)20-15-25-27-21(26-20)23-12-8-17-14-24-19-5-3-2-4-18(17)19/h2-7,10-11,14-15,24H,8-9,12-13H2,1H3,(H,23,26,27). The molecule has 0 aliphatic heterocycles. The summed E-state index contributed by atoms with van der Waals surface area (Å²) < 4.78 is 0. The van der Waals surface area contributed by atoms with Crippen LogP contribution in [0.15, 0.2) is 61.2 Å². The molecule has 0 atom stereocenters. The molecule has 0 bridgehead atoms. The summed E-state index contributed by atoms with van der Waals surface area (Å²) in [5.74, 6) is 1.35. The van der Waals surface area contributed by atoms with E-state index in [-0.39, 0.29) is 0 Å². The summed E-state index contributed by atoms with van der Waals surface area (Å²) in [6.45, 7) is 1.59. The molecule has 0 aliphatic carbocycles. The Bertz CT molecular complexity index is 1030. The van der Waals surface area contributed by atoms with Gasteiger partial charge < -0.3 is 15.2 Å². The summed E-state index contributed by atoms with van der Waals surface area (Å²) >= 11 is 0. The van der Waals surface area contributed by atoms with Gasteiger partial charge in [0.15, 0.2) is 5.82 Å². The van der Waals surface area contributed by atoms with E-state index in [2.05, 4.69) is 59.8 Å². The molecule has 7 nitrogen and oxygen atoms in total. The lowest BCUT2D eigenvalue weighted by molar-refractivity contribution is 0.834. The number of pyridine rings is 1. The third kappa shape index (κ3) is 4.25. The largest absolute Gasteiger partial charge is 0.361 e. The Labute approximate surface area is 163 Å². The Hall–Kier alpha value is -3.48. The van der Waals surface area contributed by atoms with Gasteiger partial charge in [0.1, 0.15) is 0 Å². The van der Waals surface area contributed by atoms with Gasteiger partial charge in [-0.2, -0.15) is 10.1 Å². The van der Waals surface area contributed by atoms with Crippen molar-refractivity contribution >= 4 is 22.7 Å². The van der Waals surface area contributed by atoms with E-state index < -0.39 is 0 Å². The molecule has 0 fully saturated rings. The number of hydrogen-bond donors (Lipinski definition) is 2. The van der Waals surface area contributed by atoms with Crippen LogP contribution in [0.3, 0.4) is 0 Å². The Balaban J connectivity index is 1.33. The maximum absolute atomic E-state index is 4.59. The van der Waals surface area contributed by atoms with Crippen LogP contribution in [0.1, 0.15) is 11.1 Å². The van der Waals surface area contributed by atoms with E-state index in [0.717, 1.165) is 37.3 Å². The lowest BCUT2D eigenvalue weighted by atomic mass is 10.1. The van der Waals surface area contributed by atoms with Crippen LogP contribution >= 0.6 is 0 Å². The summed E-state index contributed by atoms with van der Waals surface area (Å²) in [6.07, 6.45) is 9.20. The van der Waals surface area contributed by atoms with Gasteiger partial charge in [-0.3, -0.25) is 4.98 Å². The zero-order valence-electron chi connectivity index (χ0n) is 15.8. The second-order valence-electron chi connectivity index (χ2n) is 6.70. The molecule has 0 saturated carbocycles. The molecule has 142 valence electrons. The molecule has 1 aromatic carbocycles. The van der Waals surface area contributed by atoms with Gasteiger partial charge in [-0.05, 0) is 42.2 Å². The number of rotatable bonds is 8. The number of aromatic nitrogens is 5. The third-order valence-corrected chi connectivity index (χ3v) is 4.77. The molecule has 28 heavy (non-hydrogen) atoms. The summed E-state index contributed by atoms with van der Waals surface area (Å²) in [6, 6.07) is 12.4. The summed E-state index contributed by atoms with van der Waals surface area (Å²) in [7, 11) is 2.01. The van der Waals surface area contributed by atoms with Gasteiger partial charge in [-0.15, -0.1) is 5.10 Å². The first-order valence-electron chi connectivity index (χ1n) is 9.38. The van der Waals surface area contributed by atoms with Crippen molar-refractivity contribution in [3.05, 3.63) is 72.3 Å². The van der Waals surface area contributed by atoms with Crippen LogP contribution in [0.5, 0.6) is 0 Å². The van der Waals surface area contributed by atoms with Gasteiger partial charge in [0, 0.05) is 49.6 Å². The first kappa shape index (κ1) is 17.9. The quantitative estimate of drug-likeness (QED) is 0.494. The third-order valence-electron chi connectivity index (χ3n) is 4.77. The lowest BCUT2D eigenvalue weighted by Crippen LogP contribution is -2.22. The van der Waals surface area contributed by atoms with Crippen LogP contribution in [0.25, 0.3) is 10.9 Å². The molecule has 0 aliphatic rings. The van der Waals surface area contributed by atoms with Crippen molar-refractivity contribution in [2.45, 2.75) is 12.8 Å². The minimum Gasteiger partial charge on any atom is -0.361 e. The topological polar surface area (TPSA) is 82.6 Å². The van der Waals surface area contributed by atoms with Crippen molar-refractivity contribution in [2.24, 2.45) is 0 Å². The number of anilines is 2. The fourth-order valence-electron chi connectivity index (χ4n) is 3.16. The van der Waals surface area contributed by atoms with E-state index in [4.69, 9.17) is 0 Å². The van der Waals surface area contributed by atoms with Gasteiger partial charge in [-0.1, -0.05) is 18.2 Å². The lowest BCUT2D eigenvalue weighted by Gasteiger charge is -2.18. The predicted octanol–water partition coefficient (Wildman–Crippen LogP) is 3.08. The fourth-order valence-corrected chi connectivity index (χ4v) is 3.16. The maximum Gasteiger partial charge on any atom is 0.244 e. The predicted molar refractivity (Wildman–Crippen MR) is 112 cm³/mol. The highest BCUT2D eigenvalue weighted by atomic mass is 15.3. The van der Waals surface area contributed by atoms with Gasteiger partial charge in [0.2, 0.25) is 5.95 Å². The zero-order valence-corrected chi connectivity index (χ0v) is 15.8. The molecular formula is C21H23N7. The van der Waals surface area contributed by atoms with Crippen LogP contribution in [-0.2, 0) is 12.8 Å². The first-order valence-corrected chi connectivity index (χ1v) is 9.38. The Kier molecular flexibility index (Phi) is 5.42. The second-order valence-corrected chi connectivity index (χ2v) is 6.70. The van der Waals surface area contributed by atoms with E-state index in [9.17, 15) is 0 Å². The van der Waals surface area contributed by atoms with Crippen LogP contribution in [0.2, 0.25) is 0 Å². The molecule has 0 amide bonds. The molecule has 0 saturated heterocycles.